The summed E-state index contributed by atoms with van der Waals surface area (Å²) in [5.74, 6) is 1.99. The van der Waals surface area contributed by atoms with Crippen LogP contribution in [0, 0.1) is 11.3 Å². The summed E-state index contributed by atoms with van der Waals surface area (Å²) >= 11 is 1.71. The number of aromatic nitrogens is 4. The first-order chi connectivity index (χ1) is 17.1. The molecule has 0 bridgehead atoms. The van der Waals surface area contributed by atoms with Crippen LogP contribution in [0.15, 0.2) is 24.7 Å². The molecule has 8 nitrogen and oxygen atoms in total. The summed E-state index contributed by atoms with van der Waals surface area (Å²) in [6, 6.07) is 4.00. The van der Waals surface area contributed by atoms with Crippen molar-refractivity contribution < 1.29 is 9.53 Å². The highest BCUT2D eigenvalue weighted by Gasteiger charge is 2.49. The molecule has 1 saturated heterocycles. The van der Waals surface area contributed by atoms with Crippen molar-refractivity contribution >= 4 is 49.9 Å². The van der Waals surface area contributed by atoms with Gasteiger partial charge in [-0.1, -0.05) is 0 Å². The average molecular weight is 489 g/mol. The molecule has 1 aromatic carbocycles. The number of H-pyrrole nitrogens is 1. The van der Waals surface area contributed by atoms with E-state index < -0.39 is 0 Å². The Bertz CT molecular complexity index is 1460. The van der Waals surface area contributed by atoms with Gasteiger partial charge >= 0.3 is 0 Å². The number of carbonyl (C=O) groups is 1. The molecule has 9 heteroatoms. The highest BCUT2D eigenvalue weighted by Crippen LogP contribution is 2.53. The van der Waals surface area contributed by atoms with Gasteiger partial charge in [0.05, 0.1) is 29.4 Å². The molecular weight excluding hydrogens is 460 g/mol. The number of anilines is 2. The van der Waals surface area contributed by atoms with E-state index in [2.05, 4.69) is 30.4 Å². The molecule has 1 saturated carbocycles. The van der Waals surface area contributed by atoms with Crippen LogP contribution in [-0.2, 0) is 17.6 Å². The quantitative estimate of drug-likeness (QED) is 0.418. The second kappa shape index (κ2) is 7.91. The minimum absolute atomic E-state index is 0.0851. The summed E-state index contributed by atoms with van der Waals surface area (Å²) in [5, 5.41) is 12.8. The molecular formula is C26H28N6O2S. The number of likely N-dealkylation sites (tertiary alicyclic amines) is 1. The van der Waals surface area contributed by atoms with E-state index in [4.69, 9.17) is 4.74 Å². The van der Waals surface area contributed by atoms with Crippen molar-refractivity contribution in [2.75, 3.05) is 25.0 Å². The summed E-state index contributed by atoms with van der Waals surface area (Å²) in [6.07, 6.45) is 9.80. The summed E-state index contributed by atoms with van der Waals surface area (Å²) in [5.41, 5.74) is 3.55. The van der Waals surface area contributed by atoms with E-state index in [1.165, 1.54) is 29.7 Å². The summed E-state index contributed by atoms with van der Waals surface area (Å²) in [4.78, 5) is 26.9. The molecule has 4 aromatic rings. The van der Waals surface area contributed by atoms with Crippen LogP contribution >= 0.6 is 11.3 Å². The minimum Gasteiger partial charge on any atom is -0.492 e. The maximum atomic E-state index is 13.3. The number of aryl methyl sites for hydroxylation is 1. The molecule has 35 heavy (non-hydrogen) atoms. The molecule has 2 fully saturated rings. The van der Waals surface area contributed by atoms with Gasteiger partial charge in [-0.3, -0.25) is 9.89 Å². The Balaban J connectivity index is 1.19. The number of benzene rings is 1. The molecule has 3 aromatic heterocycles. The molecule has 0 radical (unpaired) electrons. The van der Waals surface area contributed by atoms with Gasteiger partial charge in [0.1, 0.15) is 22.7 Å². The van der Waals surface area contributed by atoms with Crippen LogP contribution in [0.25, 0.3) is 21.1 Å². The van der Waals surface area contributed by atoms with E-state index in [9.17, 15) is 4.79 Å². The second-order valence-electron chi connectivity index (χ2n) is 10.2. The first-order valence-electron chi connectivity index (χ1n) is 12.5. The molecule has 1 aliphatic heterocycles. The zero-order valence-electron chi connectivity index (χ0n) is 19.8. The SMILES string of the molecule is CCOc1cc2[nH]ncc2cc1Nc1ncnc2sc3c(c12)CC[C@H](C(=O)N1CCC2(CC2)C1)C3. The van der Waals surface area contributed by atoms with E-state index >= 15 is 0 Å². The molecule has 4 heterocycles. The second-order valence-corrected chi connectivity index (χ2v) is 11.3. The minimum atomic E-state index is 0.0851. The lowest BCUT2D eigenvalue weighted by atomic mass is 9.87. The topological polar surface area (TPSA) is 96.0 Å². The predicted octanol–water partition coefficient (Wildman–Crippen LogP) is 4.83. The Morgan fingerprint density at radius 2 is 2.23 bits per heavy atom. The number of hydrogen-bond donors (Lipinski definition) is 2. The lowest BCUT2D eigenvalue weighted by Gasteiger charge is -2.26. The van der Waals surface area contributed by atoms with Crippen molar-refractivity contribution in [3.05, 3.63) is 35.1 Å². The van der Waals surface area contributed by atoms with Crippen LogP contribution in [0.2, 0.25) is 0 Å². The van der Waals surface area contributed by atoms with Crippen LogP contribution < -0.4 is 10.1 Å². The van der Waals surface area contributed by atoms with Gasteiger partial charge in [-0.2, -0.15) is 5.10 Å². The van der Waals surface area contributed by atoms with Gasteiger partial charge in [0.2, 0.25) is 5.91 Å². The number of nitrogens with zero attached hydrogens (tertiary/aromatic N) is 4. The van der Waals surface area contributed by atoms with Crippen molar-refractivity contribution in [3.63, 3.8) is 0 Å². The van der Waals surface area contributed by atoms with Crippen molar-refractivity contribution in [1.82, 2.24) is 25.1 Å². The first-order valence-corrected chi connectivity index (χ1v) is 13.4. The third-order valence-corrected chi connectivity index (χ3v) is 9.16. The summed E-state index contributed by atoms with van der Waals surface area (Å²) in [7, 11) is 0. The van der Waals surface area contributed by atoms with E-state index in [0.717, 1.165) is 70.7 Å². The number of fused-ring (bicyclic) bond motifs is 4. The van der Waals surface area contributed by atoms with Gasteiger partial charge in [-0.15, -0.1) is 11.3 Å². The van der Waals surface area contributed by atoms with Gasteiger partial charge in [0.15, 0.2) is 0 Å². The fraction of sp³-hybridized carbons (Fsp3) is 0.462. The number of ether oxygens (including phenoxy) is 1. The molecule has 0 unspecified atom stereocenters. The monoisotopic (exact) mass is 488 g/mol. The highest BCUT2D eigenvalue weighted by molar-refractivity contribution is 7.19. The van der Waals surface area contributed by atoms with Gasteiger partial charge in [-0.05, 0) is 62.5 Å². The Labute approximate surface area is 207 Å². The molecule has 1 atom stereocenters. The van der Waals surface area contributed by atoms with Crippen molar-refractivity contribution in [2.45, 2.75) is 45.4 Å². The summed E-state index contributed by atoms with van der Waals surface area (Å²) < 4.78 is 5.91. The number of rotatable bonds is 5. The largest absolute Gasteiger partial charge is 0.492 e. The van der Waals surface area contributed by atoms with Crippen LogP contribution in [0.3, 0.4) is 0 Å². The normalized spacial score (nSPS) is 20.5. The van der Waals surface area contributed by atoms with Crippen LogP contribution in [-0.4, -0.2) is 50.7 Å². The van der Waals surface area contributed by atoms with Crippen molar-refractivity contribution in [1.29, 1.82) is 0 Å². The number of aromatic amines is 1. The average Bonchev–Trinajstić information content (AvgIpc) is 3.18. The van der Waals surface area contributed by atoms with Gasteiger partial charge in [0, 0.05) is 35.3 Å². The van der Waals surface area contributed by atoms with Gasteiger partial charge < -0.3 is 15.0 Å². The number of carbonyl (C=O) groups excluding carboxylic acids is 1. The Morgan fingerprint density at radius 3 is 3.06 bits per heavy atom. The van der Waals surface area contributed by atoms with Crippen molar-refractivity contribution in [3.8, 4) is 5.75 Å². The lowest BCUT2D eigenvalue weighted by molar-refractivity contribution is -0.135. The molecule has 180 valence electrons. The van der Waals surface area contributed by atoms with Crippen LogP contribution in [0.4, 0.5) is 11.5 Å². The van der Waals surface area contributed by atoms with Crippen LogP contribution in [0.1, 0.15) is 43.0 Å². The third kappa shape index (κ3) is 3.55. The number of hydrogen-bond acceptors (Lipinski definition) is 7. The van der Waals surface area contributed by atoms with E-state index in [0.29, 0.717) is 17.9 Å². The fourth-order valence-corrected chi connectivity index (χ4v) is 7.12. The smallest absolute Gasteiger partial charge is 0.226 e. The first kappa shape index (κ1) is 21.1. The lowest BCUT2D eigenvalue weighted by Crippen LogP contribution is -2.36. The molecule has 1 spiro atoms. The number of thiophene rings is 1. The van der Waals surface area contributed by atoms with E-state index in [-0.39, 0.29) is 5.92 Å². The van der Waals surface area contributed by atoms with Crippen molar-refractivity contribution in [2.24, 2.45) is 11.3 Å². The Morgan fingerprint density at radius 1 is 1.31 bits per heavy atom. The number of nitrogens with one attached hydrogen (secondary N) is 2. The van der Waals surface area contributed by atoms with E-state index in [1.807, 2.05) is 19.1 Å². The van der Waals surface area contributed by atoms with E-state index in [1.54, 1.807) is 23.9 Å². The van der Waals surface area contributed by atoms with Gasteiger partial charge in [0.25, 0.3) is 0 Å². The molecule has 1 amide bonds. The Hall–Kier alpha value is -3.20. The zero-order valence-corrected chi connectivity index (χ0v) is 20.6. The van der Waals surface area contributed by atoms with Gasteiger partial charge in [-0.25, -0.2) is 9.97 Å². The van der Waals surface area contributed by atoms with Crippen LogP contribution in [0.5, 0.6) is 5.75 Å². The number of amides is 1. The standard InChI is InChI=1S/C26H28N6O2S/c1-2-34-20-11-18-16(12-29-31-18)9-19(20)30-23-22-17-4-3-15(10-21(17)35-24(22)28-14-27-23)25(33)32-8-7-26(13-32)5-6-26/h9,11-12,14-15H,2-8,10,13H2,1H3,(H,29,31)(H,27,28,30)/t15-/m0/s1. The summed E-state index contributed by atoms with van der Waals surface area (Å²) in [6.45, 7) is 4.46. The predicted molar refractivity (Wildman–Crippen MR) is 136 cm³/mol. The third-order valence-electron chi connectivity index (χ3n) is 7.99. The maximum absolute atomic E-state index is 13.3. The zero-order chi connectivity index (χ0) is 23.6. The molecule has 7 rings (SSSR count). The molecule has 2 N–H and O–H groups in total. The molecule has 2 aliphatic carbocycles. The maximum Gasteiger partial charge on any atom is 0.226 e. The Kier molecular flexibility index (Phi) is 4.77. The molecule has 3 aliphatic rings. The highest BCUT2D eigenvalue weighted by atomic mass is 32.1. The fourth-order valence-electron chi connectivity index (χ4n) is 5.85.